The van der Waals surface area contributed by atoms with Crippen LogP contribution < -0.4 is 0 Å². The van der Waals surface area contributed by atoms with E-state index in [1.165, 1.54) is 56.6 Å². The lowest BCUT2D eigenvalue weighted by Crippen LogP contribution is -2.44. The topological polar surface area (TPSA) is 50.3 Å². The van der Waals surface area contributed by atoms with Gasteiger partial charge in [0.25, 0.3) is 0 Å². The fraction of sp³-hybridized carbons (Fsp3) is 0.700. The molecule has 2 aromatic heterocycles. The number of rotatable bonds is 6. The summed E-state index contributed by atoms with van der Waals surface area (Å²) in [4.78, 5) is 5.36. The Labute approximate surface area is 156 Å². The van der Waals surface area contributed by atoms with Gasteiger partial charge < -0.3 is 4.52 Å². The Morgan fingerprint density at radius 1 is 1.12 bits per heavy atom. The Kier molecular flexibility index (Phi) is 5.14. The average Bonchev–Trinajstić information content (AvgIpc) is 3.03. The zero-order valence-corrected chi connectivity index (χ0v) is 16.3. The third-order valence-corrected chi connectivity index (χ3v) is 6.06. The van der Waals surface area contributed by atoms with Crippen LogP contribution >= 0.6 is 0 Å². The molecule has 0 aromatic carbocycles. The molecule has 26 heavy (non-hydrogen) atoms. The molecule has 2 aromatic rings. The summed E-state index contributed by atoms with van der Waals surface area (Å²) in [5.41, 5.74) is 3.58. The van der Waals surface area contributed by atoms with Crippen LogP contribution in [0.25, 0.3) is 0 Å². The highest BCUT2D eigenvalue weighted by atomic mass is 16.5. The fourth-order valence-corrected chi connectivity index (χ4v) is 4.66. The largest absolute Gasteiger partial charge is 0.361 e. The molecule has 2 atom stereocenters. The van der Waals surface area contributed by atoms with Crippen LogP contribution in [0.5, 0.6) is 0 Å². The van der Waals surface area contributed by atoms with Crippen LogP contribution in [0.1, 0.15) is 41.8 Å². The van der Waals surface area contributed by atoms with Gasteiger partial charge in [-0.05, 0) is 51.5 Å². The Hall–Kier alpha value is -1.66. The zero-order valence-electron chi connectivity index (χ0n) is 16.3. The maximum Gasteiger partial charge on any atom is 0.138 e. The van der Waals surface area contributed by atoms with Gasteiger partial charge in [0.2, 0.25) is 0 Å². The van der Waals surface area contributed by atoms with E-state index < -0.39 is 0 Å². The Morgan fingerprint density at radius 2 is 2.00 bits per heavy atom. The molecule has 0 saturated carbocycles. The van der Waals surface area contributed by atoms with Crippen molar-refractivity contribution in [3.05, 3.63) is 35.0 Å². The van der Waals surface area contributed by atoms with Crippen molar-refractivity contribution in [1.82, 2.24) is 24.7 Å². The van der Waals surface area contributed by atoms with Crippen LogP contribution in [-0.4, -0.2) is 57.0 Å². The van der Waals surface area contributed by atoms with Crippen LogP contribution in [0, 0.1) is 26.7 Å². The predicted molar refractivity (Wildman–Crippen MR) is 101 cm³/mol. The van der Waals surface area contributed by atoms with Crippen LogP contribution in [0.4, 0.5) is 0 Å². The zero-order chi connectivity index (χ0) is 18.1. The second-order valence-corrected chi connectivity index (χ2v) is 8.22. The molecule has 2 bridgehead atoms. The van der Waals surface area contributed by atoms with Crippen molar-refractivity contribution in [1.29, 1.82) is 0 Å². The minimum atomic E-state index is 0.688. The summed E-state index contributed by atoms with van der Waals surface area (Å²) in [7, 11) is 0. The summed E-state index contributed by atoms with van der Waals surface area (Å²) >= 11 is 0. The normalized spacial score (nSPS) is 24.3. The summed E-state index contributed by atoms with van der Waals surface area (Å²) in [5.74, 6) is 1.77. The highest BCUT2D eigenvalue weighted by Gasteiger charge is 2.34. The van der Waals surface area contributed by atoms with Gasteiger partial charge >= 0.3 is 0 Å². The van der Waals surface area contributed by atoms with Gasteiger partial charge in [-0.25, -0.2) is 0 Å². The molecule has 0 amide bonds. The van der Waals surface area contributed by atoms with Gasteiger partial charge in [-0.3, -0.25) is 14.5 Å². The lowest BCUT2D eigenvalue weighted by molar-refractivity contribution is 0.127. The first kappa shape index (κ1) is 17.7. The number of hydrogen-bond acceptors (Lipinski definition) is 5. The van der Waals surface area contributed by atoms with E-state index in [0.717, 1.165) is 30.5 Å². The van der Waals surface area contributed by atoms with E-state index in [1.54, 1.807) is 0 Å². The Balaban J connectivity index is 1.34. The first-order valence-corrected chi connectivity index (χ1v) is 9.95. The maximum atomic E-state index is 5.36. The van der Waals surface area contributed by atoms with Crippen LogP contribution in [0.3, 0.4) is 0 Å². The standard InChI is InChI=1S/C20H31N5O/c1-15-9-21-25(10-15)8-4-7-24-12-18-5-6-19(24)13-23(11-18)14-20-16(2)22-26-17(20)3/h9-10,18-19H,4-8,11-14H2,1-3H3/t18-,19+/m0/s1. The highest BCUT2D eigenvalue weighted by molar-refractivity contribution is 5.20. The fourth-order valence-electron chi connectivity index (χ4n) is 4.66. The van der Waals surface area contributed by atoms with E-state index in [0.29, 0.717) is 6.04 Å². The Bertz CT molecular complexity index is 717. The molecule has 5 rings (SSSR count). The molecule has 0 radical (unpaired) electrons. The summed E-state index contributed by atoms with van der Waals surface area (Å²) in [6.45, 7) is 13.0. The smallest absolute Gasteiger partial charge is 0.138 e. The van der Waals surface area contributed by atoms with Gasteiger partial charge in [0.1, 0.15) is 5.76 Å². The monoisotopic (exact) mass is 357 g/mol. The van der Waals surface area contributed by atoms with E-state index in [2.05, 4.69) is 44.8 Å². The molecule has 3 saturated heterocycles. The predicted octanol–water partition coefficient (Wildman–Crippen LogP) is 2.78. The molecule has 6 heteroatoms. The number of fused-ring (bicyclic) bond motifs is 4. The lowest BCUT2D eigenvalue weighted by atomic mass is 9.95. The Morgan fingerprint density at radius 3 is 2.73 bits per heavy atom. The van der Waals surface area contributed by atoms with E-state index in [-0.39, 0.29) is 0 Å². The van der Waals surface area contributed by atoms with E-state index in [9.17, 15) is 0 Å². The van der Waals surface area contributed by atoms with E-state index in [4.69, 9.17) is 4.52 Å². The van der Waals surface area contributed by atoms with Gasteiger partial charge in [0.15, 0.2) is 0 Å². The molecular weight excluding hydrogens is 326 g/mol. The molecule has 0 spiro atoms. The SMILES string of the molecule is Cc1cnn(CCCN2C[C@H]3CC[C@@H]2CN(Cc2c(C)noc2C)C3)c1. The summed E-state index contributed by atoms with van der Waals surface area (Å²) < 4.78 is 7.44. The summed E-state index contributed by atoms with van der Waals surface area (Å²) in [6, 6.07) is 0.688. The van der Waals surface area contributed by atoms with Gasteiger partial charge in [-0.15, -0.1) is 0 Å². The van der Waals surface area contributed by atoms with E-state index >= 15 is 0 Å². The minimum absolute atomic E-state index is 0.688. The van der Waals surface area contributed by atoms with Gasteiger partial charge in [0, 0.05) is 57.1 Å². The molecule has 142 valence electrons. The van der Waals surface area contributed by atoms with Crippen molar-refractivity contribution in [2.75, 3.05) is 26.2 Å². The summed E-state index contributed by atoms with van der Waals surface area (Å²) in [5, 5.41) is 8.53. The van der Waals surface area contributed by atoms with Gasteiger partial charge in [-0.1, -0.05) is 5.16 Å². The van der Waals surface area contributed by atoms with Crippen molar-refractivity contribution in [2.24, 2.45) is 5.92 Å². The van der Waals surface area contributed by atoms with Gasteiger partial charge in [-0.2, -0.15) is 5.10 Å². The number of nitrogens with zero attached hydrogens (tertiary/aromatic N) is 5. The maximum absolute atomic E-state index is 5.36. The molecular formula is C20H31N5O. The van der Waals surface area contributed by atoms with Gasteiger partial charge in [0.05, 0.1) is 11.9 Å². The third-order valence-electron chi connectivity index (χ3n) is 6.06. The molecule has 5 heterocycles. The molecule has 3 fully saturated rings. The van der Waals surface area contributed by atoms with Crippen molar-refractivity contribution in [2.45, 2.75) is 59.2 Å². The quantitative estimate of drug-likeness (QED) is 0.796. The van der Waals surface area contributed by atoms with Crippen molar-refractivity contribution < 1.29 is 4.52 Å². The third kappa shape index (κ3) is 3.86. The highest BCUT2D eigenvalue weighted by Crippen LogP contribution is 2.29. The number of aryl methyl sites for hydroxylation is 4. The van der Waals surface area contributed by atoms with Crippen LogP contribution in [0.2, 0.25) is 0 Å². The average molecular weight is 358 g/mol. The molecule has 0 unspecified atom stereocenters. The van der Waals surface area contributed by atoms with Crippen LogP contribution in [0.15, 0.2) is 16.9 Å². The molecule has 3 aliphatic rings. The van der Waals surface area contributed by atoms with Crippen molar-refractivity contribution in [3.8, 4) is 0 Å². The molecule has 6 nitrogen and oxygen atoms in total. The minimum Gasteiger partial charge on any atom is -0.361 e. The van der Waals surface area contributed by atoms with Crippen molar-refractivity contribution >= 4 is 0 Å². The second kappa shape index (κ2) is 7.53. The van der Waals surface area contributed by atoms with E-state index in [1.807, 2.05) is 13.1 Å². The first-order chi connectivity index (χ1) is 12.6. The molecule has 0 N–H and O–H groups in total. The number of hydrogen-bond donors (Lipinski definition) is 0. The molecule has 0 aliphatic carbocycles. The first-order valence-electron chi connectivity index (χ1n) is 9.95. The second-order valence-electron chi connectivity index (χ2n) is 8.22. The van der Waals surface area contributed by atoms with Crippen molar-refractivity contribution in [3.63, 3.8) is 0 Å². The number of piperidine rings is 1. The number of aromatic nitrogens is 3. The van der Waals surface area contributed by atoms with Crippen LogP contribution in [-0.2, 0) is 13.1 Å². The summed E-state index contributed by atoms with van der Waals surface area (Å²) in [6.07, 6.45) is 7.97. The molecule has 3 aliphatic heterocycles. The lowest BCUT2D eigenvalue weighted by Gasteiger charge is -2.36.